The molecule has 1 aromatic carbocycles. The molecule has 0 unspecified atom stereocenters. The van der Waals surface area contributed by atoms with Gasteiger partial charge in [-0.15, -0.1) is 22.7 Å². The minimum Gasteiger partial charge on any atom is -0.380 e. The lowest BCUT2D eigenvalue weighted by molar-refractivity contribution is 1.09. The summed E-state index contributed by atoms with van der Waals surface area (Å²) in [5.41, 5.74) is 3.34. The van der Waals surface area contributed by atoms with Crippen LogP contribution in [0.15, 0.2) is 35.8 Å². The van der Waals surface area contributed by atoms with E-state index in [2.05, 4.69) is 51.9 Å². The zero-order valence-corrected chi connectivity index (χ0v) is 13.7. The zero-order chi connectivity index (χ0) is 14.7. The number of anilines is 1. The minimum atomic E-state index is 0.826. The molecule has 0 saturated carbocycles. The van der Waals surface area contributed by atoms with Gasteiger partial charge in [-0.05, 0) is 25.5 Å². The van der Waals surface area contributed by atoms with E-state index < -0.39 is 0 Å². The van der Waals surface area contributed by atoms with Crippen molar-refractivity contribution in [1.29, 1.82) is 0 Å². The Kier molecular flexibility index (Phi) is 4.31. The van der Waals surface area contributed by atoms with E-state index in [-0.39, 0.29) is 0 Å². The standard InChI is InChI=1S/C16H17N3S2/c1-3-16-18-9-14(21-16)8-17-13-6-4-12(5-7-13)15-10-20-11(2)19-15/h4-7,9-10,17H,3,8H2,1-2H3. The number of nitrogens with one attached hydrogen (secondary N) is 1. The number of hydrogen-bond donors (Lipinski definition) is 1. The summed E-state index contributed by atoms with van der Waals surface area (Å²) in [5.74, 6) is 0. The molecule has 3 aromatic rings. The van der Waals surface area contributed by atoms with Crippen molar-refractivity contribution in [2.45, 2.75) is 26.8 Å². The fraction of sp³-hybridized carbons (Fsp3) is 0.250. The number of aromatic nitrogens is 2. The maximum atomic E-state index is 4.51. The van der Waals surface area contributed by atoms with Crippen LogP contribution in [-0.4, -0.2) is 9.97 Å². The van der Waals surface area contributed by atoms with Crippen LogP contribution in [0.25, 0.3) is 11.3 Å². The molecule has 2 heterocycles. The molecule has 2 aromatic heterocycles. The first-order chi connectivity index (χ1) is 10.2. The van der Waals surface area contributed by atoms with Gasteiger partial charge in [-0.25, -0.2) is 9.97 Å². The van der Waals surface area contributed by atoms with E-state index >= 15 is 0 Å². The first-order valence-electron chi connectivity index (χ1n) is 6.94. The molecule has 0 bridgehead atoms. The Balaban J connectivity index is 1.64. The molecule has 108 valence electrons. The Bertz CT molecular complexity index is 713. The first kappa shape index (κ1) is 14.2. The second-order valence-corrected chi connectivity index (χ2v) is 7.02. The maximum Gasteiger partial charge on any atom is 0.0925 e. The summed E-state index contributed by atoms with van der Waals surface area (Å²) in [4.78, 5) is 10.2. The molecule has 0 aliphatic carbocycles. The number of aryl methyl sites for hydroxylation is 2. The molecule has 0 radical (unpaired) electrons. The van der Waals surface area contributed by atoms with Crippen LogP contribution < -0.4 is 5.32 Å². The average molecular weight is 315 g/mol. The molecule has 3 rings (SSSR count). The van der Waals surface area contributed by atoms with Crippen LogP contribution >= 0.6 is 22.7 Å². The zero-order valence-electron chi connectivity index (χ0n) is 12.1. The van der Waals surface area contributed by atoms with E-state index in [1.54, 1.807) is 22.7 Å². The van der Waals surface area contributed by atoms with Crippen molar-refractivity contribution in [2.75, 3.05) is 5.32 Å². The maximum absolute atomic E-state index is 4.51. The highest BCUT2D eigenvalue weighted by Gasteiger charge is 2.03. The summed E-state index contributed by atoms with van der Waals surface area (Å²) in [6.45, 7) is 4.99. The number of hydrogen-bond acceptors (Lipinski definition) is 5. The van der Waals surface area contributed by atoms with Gasteiger partial charge in [0.05, 0.1) is 22.3 Å². The van der Waals surface area contributed by atoms with Crippen molar-refractivity contribution in [3.8, 4) is 11.3 Å². The lowest BCUT2D eigenvalue weighted by Gasteiger charge is -2.05. The number of benzene rings is 1. The van der Waals surface area contributed by atoms with Gasteiger partial charge in [-0.2, -0.15) is 0 Å². The quantitative estimate of drug-likeness (QED) is 0.738. The second-order valence-electron chi connectivity index (χ2n) is 4.76. The molecule has 3 nitrogen and oxygen atoms in total. The molecule has 0 aliphatic heterocycles. The third-order valence-corrected chi connectivity index (χ3v) is 5.09. The monoisotopic (exact) mass is 315 g/mol. The van der Waals surface area contributed by atoms with Crippen molar-refractivity contribution in [3.63, 3.8) is 0 Å². The fourth-order valence-corrected chi connectivity index (χ4v) is 3.46. The molecule has 0 atom stereocenters. The summed E-state index contributed by atoms with van der Waals surface area (Å²) in [5, 5.41) is 7.83. The summed E-state index contributed by atoms with van der Waals surface area (Å²) >= 11 is 3.46. The van der Waals surface area contributed by atoms with E-state index in [0.29, 0.717) is 0 Å². The van der Waals surface area contributed by atoms with Gasteiger partial charge in [0.15, 0.2) is 0 Å². The third kappa shape index (κ3) is 3.49. The van der Waals surface area contributed by atoms with Gasteiger partial charge in [-0.1, -0.05) is 19.1 Å². The Morgan fingerprint density at radius 3 is 2.62 bits per heavy atom. The molecular weight excluding hydrogens is 298 g/mol. The number of thiazole rings is 2. The molecule has 21 heavy (non-hydrogen) atoms. The van der Waals surface area contributed by atoms with Gasteiger partial charge < -0.3 is 5.32 Å². The van der Waals surface area contributed by atoms with Gasteiger partial charge in [0.1, 0.15) is 0 Å². The first-order valence-corrected chi connectivity index (χ1v) is 8.64. The predicted octanol–water partition coefficient (Wildman–Crippen LogP) is 4.75. The largest absolute Gasteiger partial charge is 0.380 e. The van der Waals surface area contributed by atoms with Crippen LogP contribution in [0.5, 0.6) is 0 Å². The van der Waals surface area contributed by atoms with Gasteiger partial charge in [-0.3, -0.25) is 0 Å². The highest BCUT2D eigenvalue weighted by atomic mass is 32.1. The van der Waals surface area contributed by atoms with Gasteiger partial charge >= 0.3 is 0 Å². The molecular formula is C16H17N3S2. The minimum absolute atomic E-state index is 0.826. The summed E-state index contributed by atoms with van der Waals surface area (Å²) in [7, 11) is 0. The van der Waals surface area contributed by atoms with E-state index in [4.69, 9.17) is 0 Å². The third-order valence-electron chi connectivity index (χ3n) is 3.17. The lowest BCUT2D eigenvalue weighted by Crippen LogP contribution is -1.96. The summed E-state index contributed by atoms with van der Waals surface area (Å²) < 4.78 is 0. The predicted molar refractivity (Wildman–Crippen MR) is 91.1 cm³/mol. The number of rotatable bonds is 5. The second kappa shape index (κ2) is 6.37. The molecule has 0 spiro atoms. The van der Waals surface area contributed by atoms with Gasteiger partial charge in [0.2, 0.25) is 0 Å². The smallest absolute Gasteiger partial charge is 0.0925 e. The normalized spacial score (nSPS) is 10.8. The molecule has 0 saturated heterocycles. The fourth-order valence-electron chi connectivity index (χ4n) is 2.04. The van der Waals surface area contributed by atoms with Crippen LogP contribution in [0.4, 0.5) is 5.69 Å². The van der Waals surface area contributed by atoms with Crippen molar-refractivity contribution < 1.29 is 0 Å². The van der Waals surface area contributed by atoms with Gasteiger partial charge in [0, 0.05) is 27.7 Å². The Hall–Kier alpha value is -1.72. The highest BCUT2D eigenvalue weighted by molar-refractivity contribution is 7.11. The van der Waals surface area contributed by atoms with Crippen molar-refractivity contribution in [3.05, 3.63) is 50.7 Å². The van der Waals surface area contributed by atoms with Crippen molar-refractivity contribution in [1.82, 2.24) is 9.97 Å². The van der Waals surface area contributed by atoms with Crippen molar-refractivity contribution >= 4 is 28.4 Å². The highest BCUT2D eigenvalue weighted by Crippen LogP contribution is 2.23. The Labute approximate surface area is 132 Å². The van der Waals surface area contributed by atoms with E-state index in [1.165, 1.54) is 9.88 Å². The lowest BCUT2D eigenvalue weighted by atomic mass is 10.1. The molecule has 1 N–H and O–H groups in total. The van der Waals surface area contributed by atoms with E-state index in [1.807, 2.05) is 13.1 Å². The molecule has 5 heteroatoms. The Morgan fingerprint density at radius 1 is 1.19 bits per heavy atom. The van der Waals surface area contributed by atoms with Crippen LogP contribution in [-0.2, 0) is 13.0 Å². The van der Waals surface area contributed by atoms with Crippen LogP contribution in [0.3, 0.4) is 0 Å². The SMILES string of the molecule is CCc1ncc(CNc2ccc(-c3csc(C)n3)cc2)s1. The Morgan fingerprint density at radius 2 is 2.00 bits per heavy atom. The number of nitrogens with zero attached hydrogens (tertiary/aromatic N) is 2. The van der Waals surface area contributed by atoms with E-state index in [9.17, 15) is 0 Å². The molecule has 0 fully saturated rings. The van der Waals surface area contributed by atoms with Crippen LogP contribution in [0, 0.1) is 6.92 Å². The summed E-state index contributed by atoms with van der Waals surface area (Å²) in [6.07, 6.45) is 2.97. The van der Waals surface area contributed by atoms with E-state index in [0.717, 1.165) is 34.9 Å². The van der Waals surface area contributed by atoms with Crippen LogP contribution in [0.1, 0.15) is 21.8 Å². The average Bonchev–Trinajstić information content (AvgIpc) is 3.14. The topological polar surface area (TPSA) is 37.8 Å². The van der Waals surface area contributed by atoms with Crippen LogP contribution in [0.2, 0.25) is 0 Å². The molecule has 0 aliphatic rings. The van der Waals surface area contributed by atoms with Crippen molar-refractivity contribution in [2.24, 2.45) is 0 Å². The summed E-state index contributed by atoms with van der Waals surface area (Å²) in [6, 6.07) is 8.43. The molecule has 0 amide bonds. The van der Waals surface area contributed by atoms with Gasteiger partial charge in [0.25, 0.3) is 0 Å².